The van der Waals surface area contributed by atoms with Crippen LogP contribution in [0.2, 0.25) is 0 Å². The predicted octanol–water partition coefficient (Wildman–Crippen LogP) is 4.38. The number of ether oxygens (including phenoxy) is 2. The van der Waals surface area contributed by atoms with Crippen molar-refractivity contribution in [1.29, 1.82) is 0 Å². The Hall–Kier alpha value is -3.15. The van der Waals surface area contributed by atoms with Gasteiger partial charge >= 0.3 is 6.36 Å². The van der Waals surface area contributed by atoms with Crippen molar-refractivity contribution in [2.24, 2.45) is 12.2 Å². The standard InChI is InChI=1S/C18H18F3N5O3S/c1-4-15-16(30-25-23-15)10-27-22-9-14-11(2)24-26(3)17(14)28-12-5-7-13(8-6-12)29-18(19,20)21/h5-9H,4,10H2,1-3H3/b22-9+. The average Bonchev–Trinajstić information content (AvgIpc) is 3.23. The smallest absolute Gasteiger partial charge is 0.439 e. The molecule has 8 nitrogen and oxygen atoms in total. The highest BCUT2D eigenvalue weighted by atomic mass is 32.1. The molecular weight excluding hydrogens is 423 g/mol. The quantitative estimate of drug-likeness (QED) is 0.381. The molecule has 12 heteroatoms. The molecule has 0 unspecified atom stereocenters. The van der Waals surface area contributed by atoms with Crippen LogP contribution in [0.1, 0.15) is 28.8 Å². The average molecular weight is 441 g/mol. The molecule has 1 aromatic carbocycles. The van der Waals surface area contributed by atoms with Crippen molar-refractivity contribution in [3.63, 3.8) is 0 Å². The number of hydrogen-bond acceptors (Lipinski definition) is 8. The highest BCUT2D eigenvalue weighted by Gasteiger charge is 2.31. The summed E-state index contributed by atoms with van der Waals surface area (Å²) in [5.41, 5.74) is 2.09. The van der Waals surface area contributed by atoms with Gasteiger partial charge in [-0.2, -0.15) is 5.10 Å². The fourth-order valence-corrected chi connectivity index (χ4v) is 3.17. The normalized spacial score (nSPS) is 11.8. The summed E-state index contributed by atoms with van der Waals surface area (Å²) >= 11 is 1.26. The molecule has 0 bridgehead atoms. The van der Waals surface area contributed by atoms with Crippen LogP contribution in [0.25, 0.3) is 0 Å². The minimum atomic E-state index is -4.75. The number of halogens is 3. The van der Waals surface area contributed by atoms with Gasteiger partial charge in [-0.3, -0.25) is 0 Å². The number of rotatable bonds is 8. The first-order valence-electron chi connectivity index (χ1n) is 8.79. The summed E-state index contributed by atoms with van der Waals surface area (Å²) in [5.74, 6) is 0.333. The van der Waals surface area contributed by atoms with Gasteiger partial charge in [0.05, 0.1) is 28.0 Å². The predicted molar refractivity (Wildman–Crippen MR) is 103 cm³/mol. The zero-order valence-electron chi connectivity index (χ0n) is 16.3. The van der Waals surface area contributed by atoms with Crippen molar-refractivity contribution < 1.29 is 27.5 Å². The van der Waals surface area contributed by atoms with Gasteiger partial charge in [0, 0.05) is 7.05 Å². The van der Waals surface area contributed by atoms with Crippen LogP contribution in [0, 0.1) is 6.92 Å². The zero-order chi connectivity index (χ0) is 21.7. The summed E-state index contributed by atoms with van der Waals surface area (Å²) in [7, 11) is 1.68. The van der Waals surface area contributed by atoms with Crippen LogP contribution in [0.4, 0.5) is 13.2 Å². The molecule has 0 aliphatic carbocycles. The van der Waals surface area contributed by atoms with Crippen molar-refractivity contribution in [3.05, 3.63) is 46.1 Å². The van der Waals surface area contributed by atoms with Crippen molar-refractivity contribution in [2.45, 2.75) is 33.2 Å². The van der Waals surface area contributed by atoms with E-state index < -0.39 is 6.36 Å². The van der Waals surface area contributed by atoms with Crippen molar-refractivity contribution >= 4 is 17.7 Å². The second kappa shape index (κ2) is 9.11. The third kappa shape index (κ3) is 5.47. The van der Waals surface area contributed by atoms with Crippen LogP contribution < -0.4 is 9.47 Å². The van der Waals surface area contributed by atoms with E-state index in [1.165, 1.54) is 34.6 Å². The molecule has 0 spiro atoms. The molecule has 0 fully saturated rings. The maximum absolute atomic E-state index is 12.3. The lowest BCUT2D eigenvalue weighted by Gasteiger charge is -2.10. The summed E-state index contributed by atoms with van der Waals surface area (Å²) in [5, 5.41) is 12.3. The van der Waals surface area contributed by atoms with E-state index in [-0.39, 0.29) is 12.4 Å². The van der Waals surface area contributed by atoms with E-state index >= 15 is 0 Å². The highest BCUT2D eigenvalue weighted by Crippen LogP contribution is 2.29. The maximum atomic E-state index is 12.3. The number of hydrogen-bond donors (Lipinski definition) is 0. The number of nitrogens with zero attached hydrogens (tertiary/aromatic N) is 5. The number of alkyl halides is 3. The van der Waals surface area contributed by atoms with E-state index in [1.807, 2.05) is 6.92 Å². The van der Waals surface area contributed by atoms with E-state index in [9.17, 15) is 13.2 Å². The Morgan fingerprint density at radius 3 is 2.57 bits per heavy atom. The molecule has 3 rings (SSSR count). The number of aromatic nitrogens is 4. The van der Waals surface area contributed by atoms with Gasteiger partial charge in [0.1, 0.15) is 11.5 Å². The van der Waals surface area contributed by atoms with Gasteiger partial charge in [-0.25, -0.2) is 4.68 Å². The van der Waals surface area contributed by atoms with Crippen LogP contribution >= 0.6 is 11.5 Å². The van der Waals surface area contributed by atoms with Gasteiger partial charge in [-0.15, -0.1) is 18.3 Å². The van der Waals surface area contributed by atoms with Gasteiger partial charge in [-0.1, -0.05) is 16.6 Å². The first kappa shape index (κ1) is 21.6. The lowest BCUT2D eigenvalue weighted by Crippen LogP contribution is -2.16. The minimum Gasteiger partial charge on any atom is -0.439 e. The van der Waals surface area contributed by atoms with Crippen LogP contribution in [0.3, 0.4) is 0 Å². The molecule has 2 heterocycles. The molecule has 0 aliphatic rings. The van der Waals surface area contributed by atoms with E-state index in [1.54, 1.807) is 14.0 Å². The van der Waals surface area contributed by atoms with Crippen LogP contribution in [-0.2, 0) is 24.9 Å². The molecule has 0 amide bonds. The molecule has 0 atom stereocenters. The van der Waals surface area contributed by atoms with Crippen LogP contribution in [-0.4, -0.2) is 31.9 Å². The van der Waals surface area contributed by atoms with Gasteiger partial charge in [0.25, 0.3) is 0 Å². The minimum absolute atomic E-state index is 0.244. The Kier molecular flexibility index (Phi) is 6.55. The van der Waals surface area contributed by atoms with Gasteiger partial charge < -0.3 is 14.3 Å². The Morgan fingerprint density at radius 2 is 1.90 bits per heavy atom. The lowest BCUT2D eigenvalue weighted by atomic mass is 10.3. The van der Waals surface area contributed by atoms with Gasteiger partial charge in [0.2, 0.25) is 5.88 Å². The summed E-state index contributed by atoms with van der Waals surface area (Å²) < 4.78 is 51.9. The lowest BCUT2D eigenvalue weighted by molar-refractivity contribution is -0.274. The highest BCUT2D eigenvalue weighted by molar-refractivity contribution is 7.05. The Labute approximate surface area is 174 Å². The number of benzene rings is 1. The second-order valence-electron chi connectivity index (χ2n) is 6.05. The van der Waals surface area contributed by atoms with Crippen LogP contribution in [0.15, 0.2) is 29.4 Å². The molecule has 0 N–H and O–H groups in total. The summed E-state index contributed by atoms with van der Waals surface area (Å²) in [4.78, 5) is 6.24. The second-order valence-corrected chi connectivity index (χ2v) is 6.89. The molecular formula is C18H18F3N5O3S. The molecule has 0 aliphatic heterocycles. The summed E-state index contributed by atoms with van der Waals surface area (Å²) in [6, 6.07) is 5.06. The topological polar surface area (TPSA) is 83.7 Å². The first-order valence-corrected chi connectivity index (χ1v) is 9.57. The van der Waals surface area contributed by atoms with Gasteiger partial charge in [0.15, 0.2) is 6.61 Å². The monoisotopic (exact) mass is 441 g/mol. The largest absolute Gasteiger partial charge is 0.573 e. The number of aryl methyl sites for hydroxylation is 3. The summed E-state index contributed by atoms with van der Waals surface area (Å²) in [6.07, 6.45) is -2.53. The van der Waals surface area contributed by atoms with E-state index in [4.69, 9.17) is 9.57 Å². The SMILES string of the molecule is CCc1nnsc1CO/N=C/c1c(C)nn(C)c1Oc1ccc(OC(F)(F)F)cc1. The van der Waals surface area contributed by atoms with Crippen molar-refractivity contribution in [1.82, 2.24) is 19.4 Å². The maximum Gasteiger partial charge on any atom is 0.573 e. The molecule has 2 aromatic heterocycles. The third-order valence-corrected chi connectivity index (χ3v) is 4.64. The first-order chi connectivity index (χ1) is 14.3. The molecule has 0 saturated carbocycles. The Balaban J connectivity index is 1.69. The zero-order valence-corrected chi connectivity index (χ0v) is 17.1. The fourth-order valence-electron chi connectivity index (χ4n) is 2.53. The molecule has 3 aromatic rings. The van der Waals surface area contributed by atoms with E-state index in [0.29, 0.717) is 22.9 Å². The fraction of sp³-hybridized carbons (Fsp3) is 0.333. The molecule has 30 heavy (non-hydrogen) atoms. The van der Waals surface area contributed by atoms with Gasteiger partial charge in [-0.05, 0) is 49.1 Å². The molecule has 0 saturated heterocycles. The third-order valence-electron chi connectivity index (χ3n) is 3.91. The molecule has 160 valence electrons. The molecule has 0 radical (unpaired) electrons. The van der Waals surface area contributed by atoms with Crippen molar-refractivity contribution in [3.8, 4) is 17.4 Å². The van der Waals surface area contributed by atoms with Crippen LogP contribution in [0.5, 0.6) is 17.4 Å². The van der Waals surface area contributed by atoms with E-state index in [2.05, 4.69) is 24.6 Å². The van der Waals surface area contributed by atoms with Crippen molar-refractivity contribution in [2.75, 3.05) is 0 Å². The Bertz CT molecular complexity index is 1020. The Morgan fingerprint density at radius 1 is 1.20 bits per heavy atom. The number of oxime groups is 1. The summed E-state index contributed by atoms with van der Waals surface area (Å²) in [6.45, 7) is 4.00. The van der Waals surface area contributed by atoms with E-state index in [0.717, 1.165) is 29.1 Å².